The van der Waals surface area contributed by atoms with Gasteiger partial charge in [0.25, 0.3) is 6.85 Å². The van der Waals surface area contributed by atoms with Crippen molar-refractivity contribution < 1.29 is 0 Å². The van der Waals surface area contributed by atoms with Crippen molar-refractivity contribution in [2.24, 2.45) is 15.9 Å². The molecule has 21 heavy (non-hydrogen) atoms. The van der Waals surface area contributed by atoms with E-state index in [0.717, 1.165) is 35.5 Å². The summed E-state index contributed by atoms with van der Waals surface area (Å²) < 4.78 is 0. The smallest absolute Gasteiger partial charge is 0.270 e. The van der Waals surface area contributed by atoms with E-state index in [9.17, 15) is 0 Å². The van der Waals surface area contributed by atoms with Gasteiger partial charge < -0.3 is 4.81 Å². The van der Waals surface area contributed by atoms with Crippen molar-refractivity contribution >= 4 is 18.5 Å². The highest BCUT2D eigenvalue weighted by Crippen LogP contribution is 2.48. The maximum absolute atomic E-state index is 4.79. The second-order valence-electron chi connectivity index (χ2n) is 7.44. The molecule has 0 aliphatic carbocycles. The number of amidine groups is 2. The van der Waals surface area contributed by atoms with Crippen LogP contribution in [0.15, 0.2) is 22.4 Å². The molecule has 0 aromatic rings. The Hall–Kier alpha value is -1.06. The van der Waals surface area contributed by atoms with Gasteiger partial charge in [0.2, 0.25) is 0 Å². The summed E-state index contributed by atoms with van der Waals surface area (Å²) in [6, 6.07) is 0. The Bertz CT molecular complexity index is 458. The van der Waals surface area contributed by atoms with Gasteiger partial charge in [-0.15, -0.1) is 0 Å². The van der Waals surface area contributed by atoms with Crippen molar-refractivity contribution in [1.82, 2.24) is 4.81 Å². The number of rotatable bonds is 3. The van der Waals surface area contributed by atoms with Crippen LogP contribution in [0.3, 0.4) is 0 Å². The maximum atomic E-state index is 4.79. The Morgan fingerprint density at radius 2 is 1.71 bits per heavy atom. The predicted octanol–water partition coefficient (Wildman–Crippen LogP) is 4.74. The second kappa shape index (κ2) is 5.98. The van der Waals surface area contributed by atoms with E-state index in [-0.39, 0.29) is 0 Å². The van der Waals surface area contributed by atoms with Crippen LogP contribution in [0.4, 0.5) is 0 Å². The third-order valence-electron chi connectivity index (χ3n) is 5.33. The van der Waals surface area contributed by atoms with Gasteiger partial charge in [-0.1, -0.05) is 59.0 Å². The van der Waals surface area contributed by atoms with Gasteiger partial charge in [-0.3, -0.25) is 0 Å². The summed E-state index contributed by atoms with van der Waals surface area (Å²) in [5, 5.41) is 0. The lowest BCUT2D eigenvalue weighted by atomic mass is 9.33. The second-order valence-corrected chi connectivity index (χ2v) is 7.44. The number of fused-ring (bicyclic) bond motifs is 2. The summed E-state index contributed by atoms with van der Waals surface area (Å²) in [5.41, 5.74) is 0. The molecule has 0 radical (unpaired) electrons. The first-order valence-corrected chi connectivity index (χ1v) is 8.67. The minimum absolute atomic E-state index is 0.591. The molecule has 0 aromatic heterocycles. The molecule has 0 saturated carbocycles. The van der Waals surface area contributed by atoms with Crippen LogP contribution in [0.1, 0.15) is 65.7 Å². The highest BCUT2D eigenvalue weighted by molar-refractivity contribution is 6.63. The third kappa shape index (κ3) is 2.95. The van der Waals surface area contributed by atoms with E-state index in [1.807, 2.05) is 0 Å². The van der Waals surface area contributed by atoms with Crippen molar-refractivity contribution in [2.75, 3.05) is 0 Å². The van der Waals surface area contributed by atoms with Gasteiger partial charge >= 0.3 is 0 Å². The molecule has 3 heterocycles. The van der Waals surface area contributed by atoms with Gasteiger partial charge in [0, 0.05) is 6.42 Å². The van der Waals surface area contributed by atoms with E-state index in [1.165, 1.54) is 38.5 Å². The molecule has 0 aromatic carbocycles. The Morgan fingerprint density at radius 1 is 1.14 bits per heavy atom. The van der Waals surface area contributed by atoms with Crippen LogP contribution < -0.4 is 0 Å². The zero-order chi connectivity index (χ0) is 15.0. The number of nitrogens with zero attached hydrogens (tertiary/aromatic N) is 3. The highest BCUT2D eigenvalue weighted by atomic mass is 15.3. The van der Waals surface area contributed by atoms with Crippen molar-refractivity contribution in [3.63, 3.8) is 0 Å². The standard InChI is InChI=1S/C17H28BN3/c1-12(2)11-17-19-13(3)21(14(4)20-17)18-15-7-5-8-16(18)10-6-9-15/h12,15-16H,3,5-11H2,1-2,4H3. The molecule has 2 bridgehead atoms. The molecule has 0 spiro atoms. The molecule has 3 rings (SSSR count). The summed E-state index contributed by atoms with van der Waals surface area (Å²) in [7, 11) is 0. The Balaban J connectivity index is 1.82. The maximum Gasteiger partial charge on any atom is 0.270 e. The Kier molecular flexibility index (Phi) is 4.23. The number of aliphatic imine (C=N–C) groups is 2. The monoisotopic (exact) mass is 285 g/mol. The fraction of sp³-hybridized carbons (Fsp3) is 0.765. The fourth-order valence-corrected chi connectivity index (χ4v) is 4.56. The molecule has 3 aliphatic rings. The van der Waals surface area contributed by atoms with E-state index in [0.29, 0.717) is 12.8 Å². The van der Waals surface area contributed by atoms with Gasteiger partial charge in [-0.05, 0) is 24.5 Å². The van der Waals surface area contributed by atoms with Gasteiger partial charge in [0.05, 0.1) is 5.84 Å². The van der Waals surface area contributed by atoms with Gasteiger partial charge in [0.15, 0.2) is 0 Å². The zero-order valence-corrected chi connectivity index (χ0v) is 13.8. The fourth-order valence-electron chi connectivity index (χ4n) is 4.56. The number of hydrogen-bond donors (Lipinski definition) is 0. The van der Waals surface area contributed by atoms with E-state index in [4.69, 9.17) is 9.98 Å². The van der Waals surface area contributed by atoms with E-state index in [2.05, 4.69) is 32.2 Å². The summed E-state index contributed by atoms with van der Waals surface area (Å²) in [6.45, 7) is 11.4. The van der Waals surface area contributed by atoms with Crippen LogP contribution in [0.2, 0.25) is 11.6 Å². The molecule has 3 nitrogen and oxygen atoms in total. The summed E-state index contributed by atoms with van der Waals surface area (Å²) in [5.74, 6) is 5.25. The third-order valence-corrected chi connectivity index (χ3v) is 5.33. The average molecular weight is 285 g/mol. The quantitative estimate of drug-likeness (QED) is 0.688. The molecule has 114 valence electrons. The zero-order valence-electron chi connectivity index (χ0n) is 13.8. The van der Waals surface area contributed by atoms with Crippen LogP contribution in [0.25, 0.3) is 0 Å². The van der Waals surface area contributed by atoms with Crippen molar-refractivity contribution in [2.45, 2.75) is 77.4 Å². The molecular weight excluding hydrogens is 257 g/mol. The van der Waals surface area contributed by atoms with E-state index < -0.39 is 0 Å². The molecule has 0 N–H and O–H groups in total. The lowest BCUT2D eigenvalue weighted by molar-refractivity contribution is 0.418. The predicted molar refractivity (Wildman–Crippen MR) is 91.9 cm³/mol. The molecule has 4 heteroatoms. The topological polar surface area (TPSA) is 28.0 Å². The largest absolute Gasteiger partial charge is 0.360 e. The van der Waals surface area contributed by atoms with Crippen LogP contribution in [-0.2, 0) is 0 Å². The van der Waals surface area contributed by atoms with Gasteiger partial charge in [0.1, 0.15) is 11.7 Å². The summed E-state index contributed by atoms with van der Waals surface area (Å²) in [6.07, 6.45) is 9.26. The normalized spacial score (nSPS) is 29.6. The minimum atomic E-state index is 0.591. The number of hydrogen-bond acceptors (Lipinski definition) is 3. The van der Waals surface area contributed by atoms with E-state index >= 15 is 0 Å². The molecule has 0 amide bonds. The SMILES string of the molecule is C=C1N=C(CC(C)C)N=C(C)N1B1C2CCCC1CCC2. The highest BCUT2D eigenvalue weighted by Gasteiger charge is 2.45. The molecular formula is C17H28BN3. The Morgan fingerprint density at radius 3 is 2.19 bits per heavy atom. The Labute approximate surface area is 129 Å². The molecule has 3 aliphatic heterocycles. The lowest BCUT2D eigenvalue weighted by Gasteiger charge is -2.46. The first-order valence-electron chi connectivity index (χ1n) is 8.67. The van der Waals surface area contributed by atoms with Crippen molar-refractivity contribution in [3.05, 3.63) is 12.4 Å². The van der Waals surface area contributed by atoms with Gasteiger partial charge in [-0.2, -0.15) is 0 Å². The van der Waals surface area contributed by atoms with Crippen LogP contribution >= 0.6 is 0 Å². The molecule has 0 unspecified atom stereocenters. The van der Waals surface area contributed by atoms with E-state index in [1.54, 1.807) is 0 Å². The molecule has 2 fully saturated rings. The van der Waals surface area contributed by atoms with Crippen LogP contribution in [-0.4, -0.2) is 23.3 Å². The lowest BCUT2D eigenvalue weighted by Crippen LogP contribution is -2.51. The summed E-state index contributed by atoms with van der Waals surface area (Å²) in [4.78, 5) is 11.9. The first-order chi connectivity index (χ1) is 10.1. The van der Waals surface area contributed by atoms with Crippen LogP contribution in [0, 0.1) is 5.92 Å². The van der Waals surface area contributed by atoms with Crippen molar-refractivity contribution in [3.8, 4) is 0 Å². The minimum Gasteiger partial charge on any atom is -0.360 e. The summed E-state index contributed by atoms with van der Waals surface area (Å²) >= 11 is 0. The molecule has 2 saturated heterocycles. The molecule has 0 atom stereocenters. The van der Waals surface area contributed by atoms with Gasteiger partial charge in [-0.25, -0.2) is 9.98 Å². The first kappa shape index (κ1) is 14.9. The van der Waals surface area contributed by atoms with Crippen molar-refractivity contribution in [1.29, 1.82) is 0 Å². The average Bonchev–Trinajstić information content (AvgIpc) is 2.36. The van der Waals surface area contributed by atoms with Crippen LogP contribution in [0.5, 0.6) is 0 Å².